The van der Waals surface area contributed by atoms with Crippen LogP contribution in [0, 0.1) is 17.0 Å². The van der Waals surface area contributed by atoms with Crippen LogP contribution >= 0.6 is 11.3 Å². The molecular weight excluding hydrogens is 506 g/mol. The second kappa shape index (κ2) is 13.6. The maximum atomic E-state index is 13.6. The monoisotopic (exact) mass is 539 g/mol. The minimum Gasteiger partial charge on any atom is -0.493 e. The first-order chi connectivity index (χ1) is 18.2. The zero-order valence-corrected chi connectivity index (χ0v) is 23.0. The number of methoxy groups -OCH3 is 2. The Morgan fingerprint density at radius 2 is 1.66 bits per heavy atom. The fourth-order valence-corrected chi connectivity index (χ4v) is 4.95. The molecule has 0 unspecified atom stereocenters. The number of nitrogens with zero attached hydrogens (tertiary/aromatic N) is 3. The Hall–Kier alpha value is -3.92. The molecule has 10 heteroatoms. The summed E-state index contributed by atoms with van der Waals surface area (Å²) in [6.45, 7) is 5.16. The van der Waals surface area contributed by atoms with E-state index >= 15 is 0 Å². The Balaban J connectivity index is 1.78. The molecule has 3 aromatic rings. The van der Waals surface area contributed by atoms with Crippen molar-refractivity contribution in [1.29, 1.82) is 0 Å². The van der Waals surface area contributed by atoms with Gasteiger partial charge in [-0.25, -0.2) is 0 Å². The van der Waals surface area contributed by atoms with Gasteiger partial charge in [0, 0.05) is 40.5 Å². The third kappa shape index (κ3) is 7.55. The lowest BCUT2D eigenvalue weighted by Crippen LogP contribution is -2.43. The second-order valence-electron chi connectivity index (χ2n) is 8.80. The molecule has 0 aliphatic rings. The maximum absolute atomic E-state index is 13.6. The zero-order valence-electron chi connectivity index (χ0n) is 22.1. The van der Waals surface area contributed by atoms with Gasteiger partial charge in [-0.15, -0.1) is 11.3 Å². The van der Waals surface area contributed by atoms with Crippen molar-refractivity contribution >= 4 is 28.8 Å². The molecule has 0 spiro atoms. The largest absolute Gasteiger partial charge is 0.493 e. The molecule has 202 valence electrons. The number of rotatable bonds is 13. The molecule has 9 nitrogen and oxygen atoms in total. The molecule has 1 heterocycles. The first-order valence-corrected chi connectivity index (χ1v) is 13.1. The Labute approximate surface area is 226 Å². The van der Waals surface area contributed by atoms with Crippen LogP contribution in [0.15, 0.2) is 54.6 Å². The summed E-state index contributed by atoms with van der Waals surface area (Å²) in [5.74, 6) is 0.764. The van der Waals surface area contributed by atoms with Crippen molar-refractivity contribution in [3.05, 3.63) is 85.6 Å². The highest BCUT2D eigenvalue weighted by Crippen LogP contribution is 2.28. The van der Waals surface area contributed by atoms with Gasteiger partial charge >= 0.3 is 0 Å². The number of hydrogen-bond acceptors (Lipinski definition) is 7. The van der Waals surface area contributed by atoms with Crippen molar-refractivity contribution in [1.82, 2.24) is 9.80 Å². The molecule has 0 aliphatic carbocycles. The Kier molecular flexibility index (Phi) is 10.2. The van der Waals surface area contributed by atoms with E-state index in [9.17, 15) is 19.7 Å². The van der Waals surface area contributed by atoms with E-state index in [1.165, 1.54) is 29.2 Å². The second-order valence-corrected chi connectivity index (χ2v) is 10.2. The normalized spacial score (nSPS) is 10.6. The van der Waals surface area contributed by atoms with E-state index in [0.717, 1.165) is 15.3 Å². The van der Waals surface area contributed by atoms with E-state index in [0.29, 0.717) is 49.5 Å². The van der Waals surface area contributed by atoms with E-state index in [1.807, 2.05) is 44.2 Å². The van der Waals surface area contributed by atoms with Gasteiger partial charge in [0.1, 0.15) is 6.54 Å². The summed E-state index contributed by atoms with van der Waals surface area (Å²) in [7, 11) is 3.17. The average Bonchev–Trinajstić information content (AvgIpc) is 3.34. The number of carbonyl (C=O) groups excluding carboxylic acids is 2. The average molecular weight is 540 g/mol. The predicted molar refractivity (Wildman–Crippen MR) is 147 cm³/mol. The van der Waals surface area contributed by atoms with Crippen LogP contribution in [0.25, 0.3) is 0 Å². The molecule has 2 aromatic carbocycles. The van der Waals surface area contributed by atoms with Crippen molar-refractivity contribution < 1.29 is 24.0 Å². The molecule has 0 radical (unpaired) electrons. The van der Waals surface area contributed by atoms with Gasteiger partial charge in [0.2, 0.25) is 5.91 Å². The molecule has 0 saturated carbocycles. The van der Waals surface area contributed by atoms with Crippen LogP contribution < -0.4 is 9.47 Å². The van der Waals surface area contributed by atoms with Gasteiger partial charge in [-0.1, -0.05) is 13.0 Å². The molecule has 38 heavy (non-hydrogen) atoms. The van der Waals surface area contributed by atoms with E-state index in [1.54, 1.807) is 30.5 Å². The van der Waals surface area contributed by atoms with Gasteiger partial charge < -0.3 is 19.3 Å². The number of non-ortho nitro benzene ring substituents is 1. The minimum atomic E-state index is -0.510. The fraction of sp³-hybridized carbons (Fsp3) is 0.357. The van der Waals surface area contributed by atoms with Gasteiger partial charge in [0.05, 0.1) is 25.7 Å². The zero-order chi connectivity index (χ0) is 27.7. The first kappa shape index (κ1) is 28.6. The van der Waals surface area contributed by atoms with Gasteiger partial charge in [-0.3, -0.25) is 19.7 Å². The molecule has 0 N–H and O–H groups in total. The molecule has 0 atom stereocenters. The lowest BCUT2D eigenvalue weighted by molar-refractivity contribution is -0.384. The van der Waals surface area contributed by atoms with Crippen molar-refractivity contribution in [3.63, 3.8) is 0 Å². The van der Waals surface area contributed by atoms with Crippen LogP contribution in [-0.2, 0) is 17.8 Å². The number of ether oxygens (including phenoxy) is 2. The summed E-state index contributed by atoms with van der Waals surface area (Å²) in [6.07, 6.45) is 1.27. The highest BCUT2D eigenvalue weighted by atomic mass is 32.1. The van der Waals surface area contributed by atoms with Crippen LogP contribution in [0.1, 0.15) is 39.0 Å². The summed E-state index contributed by atoms with van der Waals surface area (Å²) in [4.78, 5) is 42.7. The quantitative estimate of drug-likeness (QED) is 0.221. The molecular formula is C28H33N3O6S. The summed E-state index contributed by atoms with van der Waals surface area (Å²) >= 11 is 1.64. The third-order valence-electron chi connectivity index (χ3n) is 6.05. The minimum absolute atomic E-state index is 0.0834. The number of nitro groups is 1. The highest BCUT2D eigenvalue weighted by Gasteiger charge is 2.23. The SMILES string of the molecule is CCCN(CC(=O)N(CCc1ccc(OC)c(OC)c1)Cc1ccc(C)s1)C(=O)c1ccc([N+](=O)[O-])cc1. The van der Waals surface area contributed by atoms with Crippen LogP contribution in [0.2, 0.25) is 0 Å². The molecule has 3 rings (SSSR count). The first-order valence-electron chi connectivity index (χ1n) is 12.3. The molecule has 2 amide bonds. The lowest BCUT2D eigenvalue weighted by atomic mass is 10.1. The van der Waals surface area contributed by atoms with Gasteiger partial charge in [0.15, 0.2) is 11.5 Å². The molecule has 0 aliphatic heterocycles. The topological polar surface area (TPSA) is 102 Å². The van der Waals surface area contributed by atoms with E-state index in [2.05, 4.69) is 0 Å². The van der Waals surface area contributed by atoms with Crippen LogP contribution in [0.4, 0.5) is 5.69 Å². The van der Waals surface area contributed by atoms with Gasteiger partial charge in [-0.2, -0.15) is 0 Å². The lowest BCUT2D eigenvalue weighted by Gasteiger charge is -2.27. The smallest absolute Gasteiger partial charge is 0.269 e. The Bertz CT molecular complexity index is 1260. The Morgan fingerprint density at radius 3 is 2.24 bits per heavy atom. The number of amides is 2. The summed E-state index contributed by atoms with van der Waals surface area (Å²) in [5, 5.41) is 11.0. The number of carbonyl (C=O) groups is 2. The standard InChI is InChI=1S/C28H33N3O6S/c1-5-15-30(28(33)22-8-10-23(11-9-22)31(34)35)19-27(32)29(18-24-12-6-20(2)38-24)16-14-21-7-13-25(36-3)26(17-21)37-4/h6-13,17H,5,14-16,18-19H2,1-4H3. The van der Waals surface area contributed by atoms with Crippen molar-refractivity contribution in [2.75, 3.05) is 33.9 Å². The predicted octanol–water partition coefficient (Wildman–Crippen LogP) is 5.11. The Morgan fingerprint density at radius 1 is 0.947 bits per heavy atom. The number of aryl methyl sites for hydroxylation is 1. The van der Waals surface area contributed by atoms with Crippen LogP contribution in [0.5, 0.6) is 11.5 Å². The van der Waals surface area contributed by atoms with E-state index < -0.39 is 4.92 Å². The molecule has 1 aromatic heterocycles. The van der Waals surface area contributed by atoms with Crippen molar-refractivity contribution in [2.45, 2.75) is 33.2 Å². The summed E-state index contributed by atoms with van der Waals surface area (Å²) < 4.78 is 10.7. The maximum Gasteiger partial charge on any atom is 0.269 e. The summed E-state index contributed by atoms with van der Waals surface area (Å²) in [5.41, 5.74) is 1.21. The van der Waals surface area contributed by atoms with Crippen LogP contribution in [0.3, 0.4) is 0 Å². The van der Waals surface area contributed by atoms with E-state index in [-0.39, 0.29) is 24.0 Å². The summed E-state index contributed by atoms with van der Waals surface area (Å²) in [6, 6.07) is 15.2. The molecule has 0 fully saturated rings. The third-order valence-corrected chi connectivity index (χ3v) is 7.03. The number of thiophene rings is 1. The van der Waals surface area contributed by atoms with Crippen molar-refractivity contribution in [2.24, 2.45) is 0 Å². The fourth-order valence-electron chi connectivity index (χ4n) is 4.04. The van der Waals surface area contributed by atoms with E-state index in [4.69, 9.17) is 9.47 Å². The number of nitro benzene ring substituents is 1. The van der Waals surface area contributed by atoms with Crippen molar-refractivity contribution in [3.8, 4) is 11.5 Å². The van der Waals surface area contributed by atoms with Gasteiger partial charge in [0.25, 0.3) is 11.6 Å². The molecule has 0 bridgehead atoms. The van der Waals surface area contributed by atoms with Crippen LogP contribution in [-0.4, -0.2) is 60.4 Å². The number of benzene rings is 2. The molecule has 0 saturated heterocycles. The highest BCUT2D eigenvalue weighted by molar-refractivity contribution is 7.11. The van der Waals surface area contributed by atoms with Gasteiger partial charge in [-0.05, 0) is 61.7 Å². The number of hydrogen-bond donors (Lipinski definition) is 0.